The highest BCUT2D eigenvalue weighted by molar-refractivity contribution is 6.01. The lowest BCUT2D eigenvalue weighted by Gasteiger charge is -2.14. The molecule has 0 radical (unpaired) electrons. The molecule has 10 nitrogen and oxygen atoms in total. The van der Waals surface area contributed by atoms with E-state index in [0.29, 0.717) is 40.3 Å². The van der Waals surface area contributed by atoms with Crippen molar-refractivity contribution in [3.05, 3.63) is 73.3 Å². The van der Waals surface area contributed by atoms with Gasteiger partial charge in [-0.3, -0.25) is 4.57 Å². The Balaban J connectivity index is 1.36. The minimum atomic E-state index is -0.425. The zero-order chi connectivity index (χ0) is 22.3. The number of methoxy groups -OCH3 is 2. The second-order valence-electron chi connectivity index (χ2n) is 6.45. The van der Waals surface area contributed by atoms with E-state index in [1.165, 1.54) is 14.2 Å². The molecule has 2 aromatic heterocycles. The number of urea groups is 1. The minimum Gasteiger partial charge on any atom is -0.493 e. The van der Waals surface area contributed by atoms with Crippen molar-refractivity contribution in [1.82, 2.24) is 19.7 Å². The molecule has 0 aliphatic carbocycles. The van der Waals surface area contributed by atoms with E-state index in [2.05, 4.69) is 25.8 Å². The smallest absolute Gasteiger partial charge is 0.323 e. The molecular weight excluding hydrogens is 412 g/mol. The Bertz CT molecular complexity index is 1180. The molecule has 0 aliphatic rings. The summed E-state index contributed by atoms with van der Waals surface area (Å²) in [4.78, 5) is 16.4. The zero-order valence-corrected chi connectivity index (χ0v) is 17.4. The first-order valence-electron chi connectivity index (χ1n) is 9.55. The number of hydrogen-bond acceptors (Lipinski definition) is 7. The maximum atomic E-state index is 12.4. The fourth-order valence-electron chi connectivity index (χ4n) is 2.90. The molecule has 32 heavy (non-hydrogen) atoms. The van der Waals surface area contributed by atoms with Crippen LogP contribution < -0.4 is 24.8 Å². The zero-order valence-electron chi connectivity index (χ0n) is 17.4. The van der Waals surface area contributed by atoms with Crippen LogP contribution in [0.2, 0.25) is 0 Å². The molecule has 0 spiro atoms. The van der Waals surface area contributed by atoms with Crippen molar-refractivity contribution in [2.75, 3.05) is 24.9 Å². The molecule has 0 aliphatic heterocycles. The van der Waals surface area contributed by atoms with Crippen LogP contribution in [0.4, 0.5) is 16.2 Å². The number of aromatic nitrogens is 4. The number of benzene rings is 2. The first kappa shape index (κ1) is 20.7. The maximum absolute atomic E-state index is 12.4. The molecule has 2 amide bonds. The SMILES string of the molecule is COc1cccc(NC(=O)Nc2ccc(Oc3ccc(-n4ccnc4)nn3)cc2)c1OC. The van der Waals surface area contributed by atoms with Gasteiger partial charge in [-0.2, -0.15) is 0 Å². The summed E-state index contributed by atoms with van der Waals surface area (Å²) in [6, 6.07) is 15.1. The average molecular weight is 432 g/mol. The normalized spacial score (nSPS) is 10.3. The van der Waals surface area contributed by atoms with Crippen molar-refractivity contribution in [3.8, 4) is 28.9 Å². The van der Waals surface area contributed by atoms with Crippen molar-refractivity contribution in [1.29, 1.82) is 0 Å². The number of hydrogen-bond donors (Lipinski definition) is 2. The van der Waals surface area contributed by atoms with Gasteiger partial charge in [-0.05, 0) is 42.5 Å². The van der Waals surface area contributed by atoms with E-state index in [1.807, 2.05) is 0 Å². The number of carbonyl (C=O) groups is 1. The van der Waals surface area contributed by atoms with Crippen LogP contribution in [0.15, 0.2) is 73.3 Å². The van der Waals surface area contributed by atoms with Crippen LogP contribution >= 0.6 is 0 Å². The van der Waals surface area contributed by atoms with E-state index in [0.717, 1.165) is 0 Å². The second-order valence-corrected chi connectivity index (χ2v) is 6.45. The van der Waals surface area contributed by atoms with Gasteiger partial charge in [-0.1, -0.05) is 6.07 Å². The third kappa shape index (κ3) is 4.75. The van der Waals surface area contributed by atoms with Crippen LogP contribution in [0.25, 0.3) is 5.82 Å². The summed E-state index contributed by atoms with van der Waals surface area (Å²) in [6.45, 7) is 0. The second kappa shape index (κ2) is 9.47. The number of amides is 2. The van der Waals surface area contributed by atoms with Gasteiger partial charge in [0.25, 0.3) is 0 Å². The van der Waals surface area contributed by atoms with E-state index in [1.54, 1.807) is 77.9 Å². The van der Waals surface area contributed by atoms with Crippen LogP contribution in [0.5, 0.6) is 23.1 Å². The number of nitrogens with zero attached hydrogens (tertiary/aromatic N) is 4. The summed E-state index contributed by atoms with van der Waals surface area (Å²) in [5, 5.41) is 13.7. The Hall–Kier alpha value is -4.60. The third-order valence-electron chi connectivity index (χ3n) is 4.38. The number of para-hydroxylation sites is 1. The molecule has 0 bridgehead atoms. The van der Waals surface area contributed by atoms with E-state index < -0.39 is 6.03 Å². The van der Waals surface area contributed by atoms with Crippen LogP contribution in [0, 0.1) is 0 Å². The fraction of sp³-hybridized carbons (Fsp3) is 0.0909. The van der Waals surface area contributed by atoms with Crippen LogP contribution in [0.3, 0.4) is 0 Å². The molecule has 0 saturated heterocycles. The lowest BCUT2D eigenvalue weighted by molar-refractivity contribution is 0.262. The summed E-state index contributed by atoms with van der Waals surface area (Å²) >= 11 is 0. The van der Waals surface area contributed by atoms with Crippen LogP contribution in [-0.4, -0.2) is 40.0 Å². The Labute approximate surface area is 183 Å². The summed E-state index contributed by atoms with van der Waals surface area (Å²) in [5.41, 5.74) is 1.07. The molecule has 2 N–H and O–H groups in total. The maximum Gasteiger partial charge on any atom is 0.323 e. The number of anilines is 2. The van der Waals surface area contributed by atoms with Crippen LogP contribution in [-0.2, 0) is 0 Å². The van der Waals surface area contributed by atoms with Gasteiger partial charge in [0.15, 0.2) is 17.3 Å². The Morgan fingerprint density at radius 2 is 1.78 bits per heavy atom. The Morgan fingerprint density at radius 1 is 0.938 bits per heavy atom. The first-order valence-corrected chi connectivity index (χ1v) is 9.55. The molecule has 2 aromatic carbocycles. The predicted molar refractivity (Wildman–Crippen MR) is 118 cm³/mol. The van der Waals surface area contributed by atoms with Crippen molar-refractivity contribution in [2.45, 2.75) is 0 Å². The first-order chi connectivity index (χ1) is 15.7. The van der Waals surface area contributed by atoms with Gasteiger partial charge in [-0.25, -0.2) is 9.78 Å². The summed E-state index contributed by atoms with van der Waals surface area (Å²) in [7, 11) is 3.04. The van der Waals surface area contributed by atoms with E-state index >= 15 is 0 Å². The molecule has 162 valence electrons. The van der Waals surface area contributed by atoms with Gasteiger partial charge in [0.1, 0.15) is 12.1 Å². The van der Waals surface area contributed by atoms with Crippen molar-refractivity contribution in [2.24, 2.45) is 0 Å². The molecule has 2 heterocycles. The number of ether oxygens (including phenoxy) is 3. The number of imidazole rings is 1. The standard InChI is InChI=1S/C22H20N6O4/c1-30-18-5-3-4-17(21(18)31-2)25-22(29)24-15-6-8-16(9-7-15)32-20-11-10-19(26-27-20)28-13-12-23-14-28/h3-14H,1-2H3,(H2,24,25,29). The third-order valence-corrected chi connectivity index (χ3v) is 4.38. The minimum absolute atomic E-state index is 0.345. The summed E-state index contributed by atoms with van der Waals surface area (Å²) in [6.07, 6.45) is 5.07. The number of carbonyl (C=O) groups excluding carboxylic acids is 1. The fourth-order valence-corrected chi connectivity index (χ4v) is 2.90. The van der Waals surface area contributed by atoms with Crippen molar-refractivity contribution in [3.63, 3.8) is 0 Å². The van der Waals surface area contributed by atoms with Crippen molar-refractivity contribution >= 4 is 17.4 Å². The lowest BCUT2D eigenvalue weighted by Crippen LogP contribution is -2.19. The highest BCUT2D eigenvalue weighted by atomic mass is 16.5. The van der Waals surface area contributed by atoms with Gasteiger partial charge in [0.2, 0.25) is 5.88 Å². The highest BCUT2D eigenvalue weighted by Crippen LogP contribution is 2.34. The summed E-state index contributed by atoms with van der Waals surface area (Å²) < 4.78 is 18.0. The molecular formula is C22H20N6O4. The Kier molecular flexibility index (Phi) is 6.12. The molecule has 0 unspecified atom stereocenters. The largest absolute Gasteiger partial charge is 0.493 e. The molecule has 4 rings (SSSR count). The molecule has 0 atom stereocenters. The molecule has 10 heteroatoms. The van der Waals surface area contributed by atoms with Gasteiger partial charge in [-0.15, -0.1) is 10.2 Å². The summed E-state index contributed by atoms with van der Waals surface area (Å²) in [5.74, 6) is 2.49. The number of nitrogens with one attached hydrogen (secondary N) is 2. The monoisotopic (exact) mass is 432 g/mol. The van der Waals surface area contributed by atoms with Crippen LogP contribution in [0.1, 0.15) is 0 Å². The van der Waals surface area contributed by atoms with E-state index in [4.69, 9.17) is 14.2 Å². The van der Waals surface area contributed by atoms with Crippen molar-refractivity contribution < 1.29 is 19.0 Å². The van der Waals surface area contributed by atoms with Gasteiger partial charge in [0.05, 0.1) is 19.9 Å². The van der Waals surface area contributed by atoms with Gasteiger partial charge < -0.3 is 24.8 Å². The molecule has 0 saturated carbocycles. The van der Waals surface area contributed by atoms with E-state index in [9.17, 15) is 4.79 Å². The molecule has 0 fully saturated rings. The highest BCUT2D eigenvalue weighted by Gasteiger charge is 2.12. The lowest BCUT2D eigenvalue weighted by atomic mass is 10.2. The predicted octanol–water partition coefficient (Wildman–Crippen LogP) is 4.12. The van der Waals surface area contributed by atoms with Gasteiger partial charge >= 0.3 is 6.03 Å². The van der Waals surface area contributed by atoms with E-state index in [-0.39, 0.29) is 0 Å². The molecule has 4 aromatic rings. The Morgan fingerprint density at radius 3 is 2.44 bits per heavy atom. The quantitative estimate of drug-likeness (QED) is 0.452. The van der Waals surface area contributed by atoms with Gasteiger partial charge in [0, 0.05) is 24.1 Å². The topological polar surface area (TPSA) is 112 Å². The number of rotatable bonds is 7. The average Bonchev–Trinajstić information content (AvgIpc) is 3.35.